The molecule has 90 valence electrons. The van der Waals surface area contributed by atoms with Crippen molar-refractivity contribution in [3.05, 3.63) is 18.2 Å². The quantitative estimate of drug-likeness (QED) is 0.509. The van der Waals surface area contributed by atoms with Crippen molar-refractivity contribution >= 4 is 12.6 Å². The SMILES string of the molecule is Oc1cc(O)cc(OCCCCCCS)c1. The monoisotopic (exact) mass is 242 g/mol. The second-order valence-electron chi connectivity index (χ2n) is 3.67. The summed E-state index contributed by atoms with van der Waals surface area (Å²) in [5.74, 6) is 1.48. The van der Waals surface area contributed by atoms with Gasteiger partial charge in [0.05, 0.1) is 6.61 Å². The molecule has 0 heterocycles. The van der Waals surface area contributed by atoms with Gasteiger partial charge in [0.25, 0.3) is 0 Å². The average molecular weight is 242 g/mol. The predicted octanol–water partition coefficient (Wildman–Crippen LogP) is 2.97. The molecule has 0 aliphatic rings. The highest BCUT2D eigenvalue weighted by Crippen LogP contribution is 2.25. The molecule has 4 heteroatoms. The Morgan fingerprint density at radius 3 is 2.19 bits per heavy atom. The normalized spacial score (nSPS) is 10.3. The summed E-state index contributed by atoms with van der Waals surface area (Å²) in [5.41, 5.74) is 0. The van der Waals surface area contributed by atoms with Crippen LogP contribution in [0.25, 0.3) is 0 Å². The lowest BCUT2D eigenvalue weighted by molar-refractivity contribution is 0.301. The number of aromatic hydroxyl groups is 2. The van der Waals surface area contributed by atoms with E-state index in [1.54, 1.807) is 0 Å². The van der Waals surface area contributed by atoms with Gasteiger partial charge in [-0.3, -0.25) is 0 Å². The second kappa shape index (κ2) is 7.28. The van der Waals surface area contributed by atoms with Crippen LogP contribution in [0.3, 0.4) is 0 Å². The van der Waals surface area contributed by atoms with Crippen molar-refractivity contribution in [3.63, 3.8) is 0 Å². The minimum atomic E-state index is 0.0186. The molecule has 1 aromatic carbocycles. The van der Waals surface area contributed by atoms with Gasteiger partial charge in [-0.1, -0.05) is 12.8 Å². The fraction of sp³-hybridized carbons (Fsp3) is 0.500. The maximum absolute atomic E-state index is 9.22. The van der Waals surface area contributed by atoms with Gasteiger partial charge >= 0.3 is 0 Å². The third-order valence-electron chi connectivity index (χ3n) is 2.20. The van der Waals surface area contributed by atoms with E-state index in [2.05, 4.69) is 12.6 Å². The Labute approximate surface area is 101 Å². The highest BCUT2D eigenvalue weighted by molar-refractivity contribution is 7.80. The number of thiol groups is 1. The average Bonchev–Trinajstić information content (AvgIpc) is 2.22. The van der Waals surface area contributed by atoms with Crippen LogP contribution < -0.4 is 4.74 Å². The molecule has 0 spiro atoms. The van der Waals surface area contributed by atoms with Crippen molar-refractivity contribution in [2.75, 3.05) is 12.4 Å². The van der Waals surface area contributed by atoms with Crippen LogP contribution in [0.2, 0.25) is 0 Å². The summed E-state index contributed by atoms with van der Waals surface area (Å²) in [6.45, 7) is 0.607. The molecule has 0 fully saturated rings. The Morgan fingerprint density at radius 1 is 0.938 bits per heavy atom. The summed E-state index contributed by atoms with van der Waals surface area (Å²) in [6, 6.07) is 4.26. The van der Waals surface area contributed by atoms with Crippen LogP contribution in [0.1, 0.15) is 25.7 Å². The van der Waals surface area contributed by atoms with Crippen LogP contribution in [0.15, 0.2) is 18.2 Å². The topological polar surface area (TPSA) is 49.7 Å². The molecule has 0 unspecified atom stereocenters. The number of phenolic OH excluding ortho intramolecular Hbond substituents is 2. The van der Waals surface area contributed by atoms with E-state index in [0.29, 0.717) is 12.4 Å². The maximum Gasteiger partial charge on any atom is 0.126 e. The van der Waals surface area contributed by atoms with E-state index in [4.69, 9.17) is 4.74 Å². The van der Waals surface area contributed by atoms with Crippen LogP contribution in [0.5, 0.6) is 17.2 Å². The van der Waals surface area contributed by atoms with Crippen molar-refractivity contribution in [2.45, 2.75) is 25.7 Å². The van der Waals surface area contributed by atoms with E-state index >= 15 is 0 Å². The summed E-state index contributed by atoms with van der Waals surface area (Å²) >= 11 is 4.14. The van der Waals surface area contributed by atoms with Crippen molar-refractivity contribution in [2.24, 2.45) is 0 Å². The summed E-state index contributed by atoms with van der Waals surface area (Å²) in [7, 11) is 0. The van der Waals surface area contributed by atoms with Crippen molar-refractivity contribution in [3.8, 4) is 17.2 Å². The molecule has 0 aliphatic heterocycles. The fourth-order valence-corrected chi connectivity index (χ4v) is 1.63. The van der Waals surface area contributed by atoms with Gasteiger partial charge in [-0.2, -0.15) is 12.6 Å². The predicted molar refractivity (Wildman–Crippen MR) is 67.6 cm³/mol. The van der Waals surface area contributed by atoms with E-state index in [0.717, 1.165) is 31.4 Å². The minimum absolute atomic E-state index is 0.0186. The smallest absolute Gasteiger partial charge is 0.126 e. The van der Waals surface area contributed by atoms with E-state index < -0.39 is 0 Å². The number of unbranched alkanes of at least 4 members (excludes halogenated alkanes) is 3. The Balaban J connectivity index is 2.21. The summed E-state index contributed by atoms with van der Waals surface area (Å²) in [4.78, 5) is 0. The lowest BCUT2D eigenvalue weighted by Gasteiger charge is -2.06. The first kappa shape index (κ1) is 13.0. The fourth-order valence-electron chi connectivity index (χ4n) is 1.41. The zero-order valence-electron chi connectivity index (χ0n) is 9.22. The molecule has 0 aromatic heterocycles. The third-order valence-corrected chi connectivity index (χ3v) is 2.51. The van der Waals surface area contributed by atoms with Gasteiger partial charge in [0.1, 0.15) is 17.2 Å². The van der Waals surface area contributed by atoms with Gasteiger partial charge in [0.15, 0.2) is 0 Å². The standard InChI is InChI=1S/C12H18O3S/c13-10-7-11(14)9-12(8-10)15-5-3-1-2-4-6-16/h7-9,13-14,16H,1-6H2. The first-order valence-corrected chi connectivity index (χ1v) is 6.12. The van der Waals surface area contributed by atoms with Gasteiger partial charge in [-0.15, -0.1) is 0 Å². The van der Waals surface area contributed by atoms with Crippen LogP contribution in [-0.2, 0) is 0 Å². The summed E-state index contributed by atoms with van der Waals surface area (Å²) in [5, 5.41) is 18.4. The van der Waals surface area contributed by atoms with Crippen LogP contribution in [0, 0.1) is 0 Å². The molecule has 1 rings (SSSR count). The molecule has 0 saturated heterocycles. The first-order chi connectivity index (χ1) is 7.72. The minimum Gasteiger partial charge on any atom is -0.508 e. The molecule has 0 aliphatic carbocycles. The number of hydrogen-bond donors (Lipinski definition) is 3. The highest BCUT2D eigenvalue weighted by Gasteiger charge is 1.99. The number of phenols is 2. The molecule has 0 amide bonds. The molecule has 1 aromatic rings. The molecule has 0 atom stereocenters. The van der Waals surface area contributed by atoms with Gasteiger partial charge in [0, 0.05) is 18.2 Å². The lowest BCUT2D eigenvalue weighted by Crippen LogP contribution is -1.97. The Hall–Kier alpha value is -1.03. The molecule has 0 radical (unpaired) electrons. The summed E-state index contributed by atoms with van der Waals surface area (Å²) in [6.07, 6.45) is 4.39. The summed E-state index contributed by atoms with van der Waals surface area (Å²) < 4.78 is 5.41. The van der Waals surface area contributed by atoms with Gasteiger partial charge < -0.3 is 14.9 Å². The lowest BCUT2D eigenvalue weighted by atomic mass is 10.2. The van der Waals surface area contributed by atoms with Crippen LogP contribution in [-0.4, -0.2) is 22.6 Å². The third kappa shape index (κ3) is 5.16. The van der Waals surface area contributed by atoms with Gasteiger partial charge in [0.2, 0.25) is 0 Å². The van der Waals surface area contributed by atoms with E-state index in [1.165, 1.54) is 18.2 Å². The van der Waals surface area contributed by atoms with Gasteiger partial charge in [-0.25, -0.2) is 0 Å². The van der Waals surface area contributed by atoms with Crippen molar-refractivity contribution in [1.82, 2.24) is 0 Å². The first-order valence-electron chi connectivity index (χ1n) is 5.49. The van der Waals surface area contributed by atoms with Crippen molar-refractivity contribution < 1.29 is 14.9 Å². The number of hydrogen-bond acceptors (Lipinski definition) is 4. The number of rotatable bonds is 7. The molecular weight excluding hydrogens is 224 g/mol. The molecule has 0 saturated carbocycles. The highest BCUT2D eigenvalue weighted by atomic mass is 32.1. The largest absolute Gasteiger partial charge is 0.508 e. The zero-order valence-corrected chi connectivity index (χ0v) is 10.1. The molecule has 16 heavy (non-hydrogen) atoms. The van der Waals surface area contributed by atoms with E-state index in [9.17, 15) is 10.2 Å². The Bertz CT molecular complexity index is 295. The molecular formula is C12H18O3S. The Kier molecular flexibility index (Phi) is 5.93. The maximum atomic E-state index is 9.22. The number of ether oxygens (including phenoxy) is 1. The molecule has 3 nitrogen and oxygen atoms in total. The molecule has 2 N–H and O–H groups in total. The zero-order chi connectivity index (χ0) is 11.8. The van der Waals surface area contributed by atoms with Gasteiger partial charge in [-0.05, 0) is 18.6 Å². The molecule has 0 bridgehead atoms. The Morgan fingerprint density at radius 2 is 1.56 bits per heavy atom. The van der Waals surface area contributed by atoms with E-state index in [1.807, 2.05) is 0 Å². The van der Waals surface area contributed by atoms with Crippen LogP contribution >= 0.6 is 12.6 Å². The van der Waals surface area contributed by atoms with E-state index in [-0.39, 0.29) is 11.5 Å². The second-order valence-corrected chi connectivity index (χ2v) is 4.12. The van der Waals surface area contributed by atoms with Crippen LogP contribution in [0.4, 0.5) is 0 Å². The number of benzene rings is 1. The van der Waals surface area contributed by atoms with Crippen molar-refractivity contribution in [1.29, 1.82) is 0 Å².